The van der Waals surface area contributed by atoms with Gasteiger partial charge in [-0.15, -0.1) is 0 Å². The van der Waals surface area contributed by atoms with Crippen LogP contribution in [0.1, 0.15) is 0 Å². The summed E-state index contributed by atoms with van der Waals surface area (Å²) < 4.78 is 26.1. The predicted molar refractivity (Wildman–Crippen MR) is 82.1 cm³/mol. The van der Waals surface area contributed by atoms with E-state index in [0.29, 0.717) is 17.2 Å². The number of para-hydroxylation sites is 1. The minimum absolute atomic E-state index is 0.326. The largest absolute Gasteiger partial charge is 0.493 e. The lowest BCUT2D eigenvalue weighted by atomic mass is 10.1. The van der Waals surface area contributed by atoms with Gasteiger partial charge in [-0.2, -0.15) is 5.10 Å². The van der Waals surface area contributed by atoms with E-state index >= 15 is 0 Å². The molecule has 0 aliphatic carbocycles. The molecule has 3 aromatic rings. The van der Waals surface area contributed by atoms with Gasteiger partial charge in [-0.25, -0.2) is 9.07 Å². The van der Waals surface area contributed by atoms with E-state index in [2.05, 4.69) is 5.10 Å². The maximum absolute atomic E-state index is 14.0. The fraction of sp³-hybridized carbons (Fsp3) is 0.118. The lowest BCUT2D eigenvalue weighted by Crippen LogP contribution is -2.01. The van der Waals surface area contributed by atoms with Crippen LogP contribution < -0.4 is 9.47 Å². The minimum Gasteiger partial charge on any atom is -0.493 e. The fourth-order valence-electron chi connectivity index (χ4n) is 2.33. The Bertz CT molecular complexity index is 799. The number of benzene rings is 2. The number of halogens is 1. The molecular formula is C17H15FN2O2. The highest BCUT2D eigenvalue weighted by Crippen LogP contribution is 2.33. The zero-order valence-corrected chi connectivity index (χ0v) is 12.3. The smallest absolute Gasteiger partial charge is 0.161 e. The molecule has 3 rings (SSSR count). The van der Waals surface area contributed by atoms with Gasteiger partial charge < -0.3 is 9.47 Å². The number of nitrogens with zero attached hydrogens (tertiary/aromatic N) is 2. The van der Waals surface area contributed by atoms with Crippen LogP contribution in [0.3, 0.4) is 0 Å². The Morgan fingerprint density at radius 2 is 1.73 bits per heavy atom. The van der Waals surface area contributed by atoms with E-state index in [0.717, 1.165) is 11.3 Å². The van der Waals surface area contributed by atoms with Gasteiger partial charge >= 0.3 is 0 Å². The number of aromatic nitrogens is 2. The summed E-state index contributed by atoms with van der Waals surface area (Å²) in [5.74, 6) is 0.928. The summed E-state index contributed by atoms with van der Waals surface area (Å²) >= 11 is 0. The average molecular weight is 298 g/mol. The third-order valence-electron chi connectivity index (χ3n) is 3.40. The highest BCUT2D eigenvalue weighted by molar-refractivity contribution is 5.66. The molecule has 0 bridgehead atoms. The molecule has 0 saturated heterocycles. The van der Waals surface area contributed by atoms with E-state index in [4.69, 9.17) is 9.47 Å². The van der Waals surface area contributed by atoms with Gasteiger partial charge in [-0.3, -0.25) is 0 Å². The molecule has 112 valence electrons. The minimum atomic E-state index is -0.326. The van der Waals surface area contributed by atoms with Gasteiger partial charge in [0.05, 0.1) is 26.1 Å². The summed E-state index contributed by atoms with van der Waals surface area (Å²) in [7, 11) is 3.16. The Labute approximate surface area is 127 Å². The van der Waals surface area contributed by atoms with Crippen LogP contribution >= 0.6 is 0 Å². The molecule has 0 fully saturated rings. The fourth-order valence-corrected chi connectivity index (χ4v) is 2.33. The Morgan fingerprint density at radius 1 is 0.955 bits per heavy atom. The van der Waals surface area contributed by atoms with E-state index < -0.39 is 0 Å². The molecule has 0 aliphatic heterocycles. The molecule has 0 saturated carbocycles. The molecule has 22 heavy (non-hydrogen) atoms. The molecule has 0 amide bonds. The first-order valence-electron chi connectivity index (χ1n) is 6.76. The van der Waals surface area contributed by atoms with E-state index in [1.807, 2.05) is 24.3 Å². The van der Waals surface area contributed by atoms with Gasteiger partial charge in [0.2, 0.25) is 0 Å². The molecule has 0 spiro atoms. The Kier molecular flexibility index (Phi) is 3.78. The maximum atomic E-state index is 14.0. The quantitative estimate of drug-likeness (QED) is 0.737. The standard InChI is InChI=1S/C17H15FN2O2/c1-21-16-8-7-12(11-17(16)22-2)14-9-10-19-20(14)15-6-4-3-5-13(15)18/h3-11H,1-2H3. The summed E-state index contributed by atoms with van der Waals surface area (Å²) in [6.07, 6.45) is 1.64. The molecule has 0 N–H and O–H groups in total. The summed E-state index contributed by atoms with van der Waals surface area (Å²) in [6.45, 7) is 0. The van der Waals surface area contributed by atoms with E-state index in [9.17, 15) is 4.39 Å². The molecular weight excluding hydrogens is 283 g/mol. The van der Waals surface area contributed by atoms with Crippen molar-refractivity contribution in [3.63, 3.8) is 0 Å². The van der Waals surface area contributed by atoms with Crippen molar-refractivity contribution in [3.05, 3.63) is 60.5 Å². The molecule has 0 atom stereocenters. The van der Waals surface area contributed by atoms with Gasteiger partial charge in [0.15, 0.2) is 11.5 Å². The third-order valence-corrected chi connectivity index (χ3v) is 3.40. The zero-order valence-electron chi connectivity index (χ0n) is 12.3. The first kappa shape index (κ1) is 14.1. The predicted octanol–water partition coefficient (Wildman–Crippen LogP) is 3.70. The van der Waals surface area contributed by atoms with Crippen LogP contribution in [-0.4, -0.2) is 24.0 Å². The maximum Gasteiger partial charge on any atom is 0.161 e. The second-order valence-electron chi connectivity index (χ2n) is 4.65. The normalized spacial score (nSPS) is 10.5. The lowest BCUT2D eigenvalue weighted by molar-refractivity contribution is 0.355. The van der Waals surface area contributed by atoms with Crippen LogP contribution in [0.4, 0.5) is 4.39 Å². The molecule has 0 aliphatic rings. The molecule has 1 heterocycles. The summed E-state index contributed by atoms with van der Waals surface area (Å²) in [5, 5.41) is 4.23. The third kappa shape index (κ3) is 2.41. The van der Waals surface area contributed by atoms with E-state index in [1.165, 1.54) is 6.07 Å². The van der Waals surface area contributed by atoms with E-state index in [-0.39, 0.29) is 5.82 Å². The average Bonchev–Trinajstić information content (AvgIpc) is 3.04. The first-order valence-corrected chi connectivity index (χ1v) is 6.76. The molecule has 0 unspecified atom stereocenters. The Hall–Kier alpha value is -2.82. The number of hydrogen-bond acceptors (Lipinski definition) is 3. The van der Waals surface area contributed by atoms with Crippen LogP contribution in [0.15, 0.2) is 54.7 Å². The number of hydrogen-bond donors (Lipinski definition) is 0. The van der Waals surface area contributed by atoms with Crippen molar-refractivity contribution in [2.75, 3.05) is 14.2 Å². The second-order valence-corrected chi connectivity index (χ2v) is 4.65. The van der Waals surface area contributed by atoms with Gasteiger partial charge in [-0.05, 0) is 36.4 Å². The zero-order chi connectivity index (χ0) is 15.5. The van der Waals surface area contributed by atoms with Crippen LogP contribution in [-0.2, 0) is 0 Å². The molecule has 0 radical (unpaired) electrons. The van der Waals surface area contributed by atoms with Crippen LogP contribution in [0.25, 0.3) is 16.9 Å². The van der Waals surface area contributed by atoms with Crippen molar-refractivity contribution in [2.24, 2.45) is 0 Å². The highest BCUT2D eigenvalue weighted by atomic mass is 19.1. The first-order chi connectivity index (χ1) is 10.7. The van der Waals surface area contributed by atoms with Gasteiger partial charge in [0, 0.05) is 5.56 Å². The molecule has 1 aromatic heterocycles. The molecule has 5 heteroatoms. The van der Waals surface area contributed by atoms with Crippen LogP contribution in [0.5, 0.6) is 11.5 Å². The Morgan fingerprint density at radius 3 is 2.45 bits per heavy atom. The molecule has 2 aromatic carbocycles. The summed E-state index contributed by atoms with van der Waals surface area (Å²) in [6, 6.07) is 13.9. The van der Waals surface area contributed by atoms with Crippen molar-refractivity contribution >= 4 is 0 Å². The van der Waals surface area contributed by atoms with Crippen molar-refractivity contribution in [2.45, 2.75) is 0 Å². The lowest BCUT2D eigenvalue weighted by Gasteiger charge is -2.11. The SMILES string of the molecule is COc1ccc(-c2ccnn2-c2ccccc2F)cc1OC. The highest BCUT2D eigenvalue weighted by Gasteiger charge is 2.13. The second kappa shape index (κ2) is 5.89. The van der Waals surface area contributed by atoms with Crippen LogP contribution in [0, 0.1) is 5.82 Å². The van der Waals surface area contributed by atoms with E-state index in [1.54, 1.807) is 43.3 Å². The monoisotopic (exact) mass is 298 g/mol. The molecule has 4 nitrogen and oxygen atoms in total. The topological polar surface area (TPSA) is 36.3 Å². The summed E-state index contributed by atoms with van der Waals surface area (Å²) in [4.78, 5) is 0. The van der Waals surface area contributed by atoms with Crippen molar-refractivity contribution in [3.8, 4) is 28.4 Å². The van der Waals surface area contributed by atoms with Crippen molar-refractivity contribution in [1.82, 2.24) is 9.78 Å². The van der Waals surface area contributed by atoms with Crippen molar-refractivity contribution < 1.29 is 13.9 Å². The van der Waals surface area contributed by atoms with Gasteiger partial charge in [-0.1, -0.05) is 12.1 Å². The Balaban J connectivity index is 2.11. The van der Waals surface area contributed by atoms with Crippen LogP contribution in [0.2, 0.25) is 0 Å². The van der Waals surface area contributed by atoms with Crippen molar-refractivity contribution in [1.29, 1.82) is 0 Å². The number of ether oxygens (including phenoxy) is 2. The summed E-state index contributed by atoms with van der Waals surface area (Å²) in [5.41, 5.74) is 2.03. The van der Waals surface area contributed by atoms with Gasteiger partial charge in [0.25, 0.3) is 0 Å². The van der Waals surface area contributed by atoms with Gasteiger partial charge in [0.1, 0.15) is 11.5 Å². The number of rotatable bonds is 4. The number of methoxy groups -OCH3 is 2.